The first kappa shape index (κ1) is 12.1. The molecule has 0 aromatic carbocycles. The highest BCUT2D eigenvalue weighted by atomic mass is 79.9. The van der Waals surface area contributed by atoms with E-state index >= 15 is 0 Å². The summed E-state index contributed by atoms with van der Waals surface area (Å²) in [5.41, 5.74) is 0. The van der Waals surface area contributed by atoms with E-state index in [9.17, 15) is 4.79 Å². The first-order valence-electron chi connectivity index (χ1n) is 5.38. The van der Waals surface area contributed by atoms with Gasteiger partial charge in [-0.05, 0) is 40.2 Å². The summed E-state index contributed by atoms with van der Waals surface area (Å²) in [4.78, 5) is 14.8. The Morgan fingerprint density at radius 1 is 1.69 bits per heavy atom. The van der Waals surface area contributed by atoms with Crippen molar-refractivity contribution in [2.45, 2.75) is 18.9 Å². The van der Waals surface area contributed by atoms with Gasteiger partial charge in [-0.1, -0.05) is 0 Å². The highest BCUT2D eigenvalue weighted by Crippen LogP contribution is 2.22. The molecule has 0 radical (unpaired) electrons. The van der Waals surface area contributed by atoms with Gasteiger partial charge in [-0.25, -0.2) is 0 Å². The molecule has 0 spiro atoms. The Kier molecular flexibility index (Phi) is 4.00. The van der Waals surface area contributed by atoms with Crippen LogP contribution in [0.5, 0.6) is 0 Å². The number of rotatable bonds is 4. The number of halogens is 1. The average molecular weight is 303 g/mol. The molecule has 0 bridgehead atoms. The van der Waals surface area contributed by atoms with Crippen LogP contribution in [0.3, 0.4) is 0 Å². The highest BCUT2D eigenvalue weighted by Gasteiger charge is 2.27. The maximum absolute atomic E-state index is 11.6. The number of carbonyl (C=O) groups is 1. The summed E-state index contributed by atoms with van der Waals surface area (Å²) < 4.78 is 1.18. The SMILES string of the molecule is CN1CCC(NCCc2sccc2Br)C1=O. The fourth-order valence-electron chi connectivity index (χ4n) is 1.88. The first-order valence-corrected chi connectivity index (χ1v) is 7.06. The molecule has 1 unspecified atom stereocenters. The van der Waals surface area contributed by atoms with E-state index in [0.717, 1.165) is 25.9 Å². The van der Waals surface area contributed by atoms with E-state index in [-0.39, 0.29) is 11.9 Å². The van der Waals surface area contributed by atoms with Crippen molar-refractivity contribution in [2.75, 3.05) is 20.1 Å². The predicted molar refractivity (Wildman–Crippen MR) is 69.8 cm³/mol. The zero-order valence-corrected chi connectivity index (χ0v) is 11.6. The molecular weight excluding hydrogens is 288 g/mol. The lowest BCUT2D eigenvalue weighted by atomic mass is 10.2. The van der Waals surface area contributed by atoms with Gasteiger partial charge in [0.05, 0.1) is 6.04 Å². The monoisotopic (exact) mass is 302 g/mol. The van der Waals surface area contributed by atoms with Crippen LogP contribution in [0.4, 0.5) is 0 Å². The molecule has 16 heavy (non-hydrogen) atoms. The molecular formula is C11H15BrN2OS. The summed E-state index contributed by atoms with van der Waals surface area (Å²) >= 11 is 5.26. The number of thiophene rings is 1. The van der Waals surface area contributed by atoms with Gasteiger partial charge in [0, 0.05) is 29.5 Å². The van der Waals surface area contributed by atoms with E-state index in [1.807, 2.05) is 7.05 Å². The summed E-state index contributed by atoms with van der Waals surface area (Å²) in [6.45, 7) is 1.74. The lowest BCUT2D eigenvalue weighted by Crippen LogP contribution is -2.37. The second-order valence-electron chi connectivity index (χ2n) is 4.00. The normalized spacial score (nSPS) is 20.8. The molecule has 1 amide bonds. The molecule has 1 aromatic heterocycles. The molecule has 88 valence electrons. The summed E-state index contributed by atoms with van der Waals surface area (Å²) in [6.07, 6.45) is 1.91. The third-order valence-corrected chi connectivity index (χ3v) is 4.85. The number of likely N-dealkylation sites (tertiary alicyclic amines) is 1. The van der Waals surface area contributed by atoms with E-state index < -0.39 is 0 Å². The van der Waals surface area contributed by atoms with Crippen molar-refractivity contribution >= 4 is 33.2 Å². The van der Waals surface area contributed by atoms with Crippen LogP contribution in [-0.4, -0.2) is 37.0 Å². The molecule has 1 aliphatic heterocycles. The molecule has 1 fully saturated rings. The second kappa shape index (κ2) is 5.29. The van der Waals surface area contributed by atoms with E-state index in [1.54, 1.807) is 16.2 Å². The van der Waals surface area contributed by atoms with Crippen molar-refractivity contribution in [3.8, 4) is 0 Å². The molecule has 1 aromatic rings. The molecule has 3 nitrogen and oxygen atoms in total. The van der Waals surface area contributed by atoms with E-state index in [0.29, 0.717) is 0 Å². The Labute approximate surface area is 108 Å². The molecule has 1 atom stereocenters. The maximum Gasteiger partial charge on any atom is 0.239 e. The molecule has 5 heteroatoms. The van der Waals surface area contributed by atoms with Gasteiger partial charge in [0.25, 0.3) is 0 Å². The molecule has 0 saturated carbocycles. The number of hydrogen-bond acceptors (Lipinski definition) is 3. The third-order valence-electron chi connectivity index (χ3n) is 2.86. The Morgan fingerprint density at radius 2 is 2.50 bits per heavy atom. The lowest BCUT2D eigenvalue weighted by molar-refractivity contribution is -0.128. The first-order chi connectivity index (χ1) is 7.68. The minimum absolute atomic E-state index is 0.0312. The predicted octanol–water partition coefficient (Wildman–Crippen LogP) is 1.87. The largest absolute Gasteiger partial charge is 0.344 e. The number of hydrogen-bond donors (Lipinski definition) is 1. The van der Waals surface area contributed by atoms with Crippen LogP contribution in [0.1, 0.15) is 11.3 Å². The summed E-state index contributed by atoms with van der Waals surface area (Å²) in [5, 5.41) is 5.40. The van der Waals surface area contributed by atoms with Crippen molar-refractivity contribution in [2.24, 2.45) is 0 Å². The Hall–Kier alpha value is -0.390. The van der Waals surface area contributed by atoms with Crippen molar-refractivity contribution in [1.29, 1.82) is 0 Å². The van der Waals surface area contributed by atoms with Crippen LogP contribution in [-0.2, 0) is 11.2 Å². The van der Waals surface area contributed by atoms with Crippen molar-refractivity contribution in [1.82, 2.24) is 10.2 Å². The fraction of sp³-hybridized carbons (Fsp3) is 0.545. The number of nitrogens with zero attached hydrogens (tertiary/aromatic N) is 1. The molecule has 1 aliphatic rings. The minimum atomic E-state index is 0.0312. The fourth-order valence-corrected chi connectivity index (χ4v) is 3.43. The number of nitrogens with one attached hydrogen (secondary N) is 1. The van der Waals surface area contributed by atoms with Gasteiger partial charge in [0.2, 0.25) is 5.91 Å². The zero-order chi connectivity index (χ0) is 11.5. The van der Waals surface area contributed by atoms with Crippen molar-refractivity contribution in [3.05, 3.63) is 20.8 Å². The summed E-state index contributed by atoms with van der Waals surface area (Å²) in [6, 6.07) is 2.10. The zero-order valence-electron chi connectivity index (χ0n) is 9.20. The standard InChI is InChI=1S/C11H15BrN2OS/c1-14-6-3-9(11(14)15)13-5-2-10-8(12)4-7-16-10/h4,7,9,13H,2-3,5-6H2,1H3. The van der Waals surface area contributed by atoms with Gasteiger partial charge >= 0.3 is 0 Å². The van der Waals surface area contributed by atoms with Gasteiger partial charge in [-0.15, -0.1) is 11.3 Å². The van der Waals surface area contributed by atoms with Crippen molar-refractivity contribution in [3.63, 3.8) is 0 Å². The van der Waals surface area contributed by atoms with Crippen LogP contribution < -0.4 is 5.32 Å². The Morgan fingerprint density at radius 3 is 3.06 bits per heavy atom. The van der Waals surface area contributed by atoms with Crippen LogP contribution in [0.25, 0.3) is 0 Å². The third kappa shape index (κ3) is 2.64. The van der Waals surface area contributed by atoms with Crippen LogP contribution in [0, 0.1) is 0 Å². The van der Waals surface area contributed by atoms with E-state index in [4.69, 9.17) is 0 Å². The Bertz CT molecular complexity index is 380. The van der Waals surface area contributed by atoms with E-state index in [2.05, 4.69) is 32.7 Å². The summed E-state index contributed by atoms with van der Waals surface area (Å²) in [7, 11) is 1.86. The van der Waals surface area contributed by atoms with Gasteiger partial charge < -0.3 is 10.2 Å². The highest BCUT2D eigenvalue weighted by molar-refractivity contribution is 9.10. The second-order valence-corrected chi connectivity index (χ2v) is 5.85. The number of amides is 1. The van der Waals surface area contributed by atoms with Gasteiger partial charge in [0.15, 0.2) is 0 Å². The van der Waals surface area contributed by atoms with Gasteiger partial charge in [-0.3, -0.25) is 4.79 Å². The molecule has 2 heterocycles. The molecule has 2 rings (SSSR count). The van der Waals surface area contributed by atoms with Crippen LogP contribution in [0.2, 0.25) is 0 Å². The topological polar surface area (TPSA) is 32.3 Å². The van der Waals surface area contributed by atoms with Gasteiger partial charge in [-0.2, -0.15) is 0 Å². The molecule has 1 N–H and O–H groups in total. The number of likely N-dealkylation sites (N-methyl/N-ethyl adjacent to an activating group) is 1. The molecule has 1 saturated heterocycles. The number of carbonyl (C=O) groups excluding carboxylic acids is 1. The van der Waals surface area contributed by atoms with Crippen LogP contribution >= 0.6 is 27.3 Å². The van der Waals surface area contributed by atoms with Crippen LogP contribution in [0.15, 0.2) is 15.9 Å². The van der Waals surface area contributed by atoms with Crippen molar-refractivity contribution < 1.29 is 4.79 Å². The minimum Gasteiger partial charge on any atom is -0.344 e. The molecule has 0 aliphatic carbocycles. The average Bonchev–Trinajstić information content (AvgIpc) is 2.80. The summed E-state index contributed by atoms with van der Waals surface area (Å²) in [5.74, 6) is 0.227. The Balaban J connectivity index is 1.77. The maximum atomic E-state index is 11.6. The lowest BCUT2D eigenvalue weighted by Gasteiger charge is -2.11. The van der Waals surface area contributed by atoms with E-state index in [1.165, 1.54) is 9.35 Å². The smallest absolute Gasteiger partial charge is 0.239 e. The van der Waals surface area contributed by atoms with Gasteiger partial charge in [0.1, 0.15) is 0 Å². The quantitative estimate of drug-likeness (QED) is 0.921.